The highest BCUT2D eigenvalue weighted by molar-refractivity contribution is 5.42. The summed E-state index contributed by atoms with van der Waals surface area (Å²) in [4.78, 5) is 4.13. The fourth-order valence-corrected chi connectivity index (χ4v) is 1.54. The van der Waals surface area contributed by atoms with Crippen LogP contribution in [0.2, 0.25) is 0 Å². The molecule has 0 radical (unpaired) electrons. The SMILES string of the molecule is CCOc1cccc(Oc2ccnc(NC)c2)c1. The standard InChI is InChI=1S/C14H16N2O2/c1-3-17-11-5-4-6-12(9-11)18-13-7-8-16-14(10-13)15-2/h4-10H,3H2,1-2H3,(H,15,16). The van der Waals surface area contributed by atoms with Gasteiger partial charge in [-0.1, -0.05) is 6.07 Å². The quantitative estimate of drug-likeness (QED) is 0.876. The van der Waals surface area contributed by atoms with Crippen LogP contribution in [0.1, 0.15) is 6.92 Å². The van der Waals surface area contributed by atoms with Crippen molar-refractivity contribution in [2.24, 2.45) is 0 Å². The average molecular weight is 244 g/mol. The highest BCUT2D eigenvalue weighted by atomic mass is 16.5. The van der Waals surface area contributed by atoms with Crippen LogP contribution in [0.5, 0.6) is 17.2 Å². The van der Waals surface area contributed by atoms with E-state index >= 15 is 0 Å². The molecule has 18 heavy (non-hydrogen) atoms. The highest BCUT2D eigenvalue weighted by Crippen LogP contribution is 2.26. The minimum absolute atomic E-state index is 0.641. The van der Waals surface area contributed by atoms with Crippen LogP contribution in [-0.2, 0) is 0 Å². The Bertz CT molecular complexity index is 515. The molecule has 0 saturated heterocycles. The van der Waals surface area contributed by atoms with E-state index in [-0.39, 0.29) is 0 Å². The molecule has 4 nitrogen and oxygen atoms in total. The van der Waals surface area contributed by atoms with Crippen molar-refractivity contribution < 1.29 is 9.47 Å². The van der Waals surface area contributed by atoms with Crippen molar-refractivity contribution in [3.63, 3.8) is 0 Å². The smallest absolute Gasteiger partial charge is 0.132 e. The molecule has 0 saturated carbocycles. The molecule has 2 aromatic rings. The van der Waals surface area contributed by atoms with E-state index in [1.807, 2.05) is 50.4 Å². The van der Waals surface area contributed by atoms with Crippen molar-refractivity contribution >= 4 is 5.82 Å². The second kappa shape index (κ2) is 5.91. The van der Waals surface area contributed by atoms with Gasteiger partial charge in [0.2, 0.25) is 0 Å². The molecular weight excluding hydrogens is 228 g/mol. The van der Waals surface area contributed by atoms with Gasteiger partial charge in [0, 0.05) is 25.4 Å². The molecule has 1 aromatic heterocycles. The number of benzene rings is 1. The van der Waals surface area contributed by atoms with Crippen LogP contribution in [0, 0.1) is 0 Å². The number of pyridine rings is 1. The summed E-state index contributed by atoms with van der Waals surface area (Å²) >= 11 is 0. The van der Waals surface area contributed by atoms with Crippen molar-refractivity contribution in [3.05, 3.63) is 42.6 Å². The minimum atomic E-state index is 0.641. The lowest BCUT2D eigenvalue weighted by Gasteiger charge is -2.08. The second-order valence-electron chi connectivity index (χ2n) is 3.64. The van der Waals surface area contributed by atoms with Crippen LogP contribution in [0.25, 0.3) is 0 Å². The topological polar surface area (TPSA) is 43.4 Å². The third kappa shape index (κ3) is 3.13. The molecule has 94 valence electrons. The Kier molecular flexibility index (Phi) is 4.02. The van der Waals surface area contributed by atoms with Gasteiger partial charge in [0.1, 0.15) is 23.1 Å². The lowest BCUT2D eigenvalue weighted by molar-refractivity contribution is 0.338. The molecule has 0 amide bonds. The maximum absolute atomic E-state index is 5.75. The second-order valence-corrected chi connectivity index (χ2v) is 3.64. The molecule has 2 rings (SSSR count). The van der Waals surface area contributed by atoms with Gasteiger partial charge in [0.15, 0.2) is 0 Å². The van der Waals surface area contributed by atoms with Gasteiger partial charge in [0.25, 0.3) is 0 Å². The number of nitrogens with one attached hydrogen (secondary N) is 1. The molecule has 0 unspecified atom stereocenters. The van der Waals surface area contributed by atoms with Gasteiger partial charge in [0.05, 0.1) is 6.61 Å². The third-order valence-electron chi connectivity index (χ3n) is 2.34. The Balaban J connectivity index is 2.14. The van der Waals surface area contributed by atoms with E-state index < -0.39 is 0 Å². The maximum atomic E-state index is 5.75. The molecule has 0 aliphatic rings. The first-order valence-corrected chi connectivity index (χ1v) is 5.86. The summed E-state index contributed by atoms with van der Waals surface area (Å²) in [6.45, 7) is 2.60. The Morgan fingerprint density at radius 1 is 1.11 bits per heavy atom. The van der Waals surface area contributed by atoms with Crippen molar-refractivity contribution in [2.45, 2.75) is 6.92 Å². The first-order valence-electron chi connectivity index (χ1n) is 5.86. The van der Waals surface area contributed by atoms with Gasteiger partial charge in [-0.15, -0.1) is 0 Å². The normalized spacial score (nSPS) is 9.89. The molecule has 1 aromatic carbocycles. The van der Waals surface area contributed by atoms with Crippen molar-refractivity contribution in [3.8, 4) is 17.2 Å². The molecule has 0 atom stereocenters. The molecule has 0 bridgehead atoms. The van der Waals surface area contributed by atoms with E-state index in [4.69, 9.17) is 9.47 Å². The summed E-state index contributed by atoms with van der Waals surface area (Å²) in [6, 6.07) is 11.2. The van der Waals surface area contributed by atoms with E-state index in [9.17, 15) is 0 Å². The largest absolute Gasteiger partial charge is 0.494 e. The molecule has 0 aliphatic carbocycles. The fraction of sp³-hybridized carbons (Fsp3) is 0.214. The van der Waals surface area contributed by atoms with Crippen molar-refractivity contribution in [2.75, 3.05) is 19.0 Å². The van der Waals surface area contributed by atoms with Crippen LogP contribution in [0.4, 0.5) is 5.82 Å². The molecule has 1 N–H and O–H groups in total. The number of ether oxygens (including phenoxy) is 2. The zero-order valence-corrected chi connectivity index (χ0v) is 10.5. The van der Waals surface area contributed by atoms with Crippen LogP contribution >= 0.6 is 0 Å². The van der Waals surface area contributed by atoms with E-state index in [1.54, 1.807) is 6.20 Å². The van der Waals surface area contributed by atoms with Crippen molar-refractivity contribution in [1.29, 1.82) is 0 Å². The van der Waals surface area contributed by atoms with E-state index in [1.165, 1.54) is 0 Å². The van der Waals surface area contributed by atoms with Gasteiger partial charge in [-0.25, -0.2) is 4.98 Å². The minimum Gasteiger partial charge on any atom is -0.494 e. The van der Waals surface area contributed by atoms with Gasteiger partial charge in [-0.05, 0) is 25.1 Å². The Morgan fingerprint density at radius 3 is 2.67 bits per heavy atom. The fourth-order valence-electron chi connectivity index (χ4n) is 1.54. The van der Waals surface area contributed by atoms with Gasteiger partial charge in [-0.3, -0.25) is 0 Å². The molecule has 1 heterocycles. The van der Waals surface area contributed by atoms with Gasteiger partial charge < -0.3 is 14.8 Å². The van der Waals surface area contributed by atoms with E-state index in [0.29, 0.717) is 6.61 Å². The third-order valence-corrected chi connectivity index (χ3v) is 2.34. The lowest BCUT2D eigenvalue weighted by Crippen LogP contribution is -1.93. The zero-order chi connectivity index (χ0) is 12.8. The van der Waals surface area contributed by atoms with Crippen LogP contribution < -0.4 is 14.8 Å². The number of hydrogen-bond donors (Lipinski definition) is 1. The number of rotatable bonds is 5. The predicted octanol–water partition coefficient (Wildman–Crippen LogP) is 3.31. The average Bonchev–Trinajstić information content (AvgIpc) is 2.40. The van der Waals surface area contributed by atoms with Gasteiger partial charge in [-0.2, -0.15) is 0 Å². The molecule has 0 fully saturated rings. The Labute approximate surface area is 107 Å². The Morgan fingerprint density at radius 2 is 1.89 bits per heavy atom. The van der Waals surface area contributed by atoms with Crippen LogP contribution in [0.15, 0.2) is 42.6 Å². The number of hydrogen-bond acceptors (Lipinski definition) is 4. The van der Waals surface area contributed by atoms with Crippen LogP contribution in [0.3, 0.4) is 0 Å². The summed E-state index contributed by atoms with van der Waals surface area (Å²) in [5, 5.41) is 2.97. The maximum Gasteiger partial charge on any atom is 0.132 e. The lowest BCUT2D eigenvalue weighted by atomic mass is 10.3. The zero-order valence-electron chi connectivity index (χ0n) is 10.5. The highest BCUT2D eigenvalue weighted by Gasteiger charge is 2.01. The molecular formula is C14H16N2O2. The summed E-state index contributed by atoms with van der Waals surface area (Å²) in [6.07, 6.45) is 1.70. The van der Waals surface area contributed by atoms with E-state index in [0.717, 1.165) is 23.1 Å². The van der Waals surface area contributed by atoms with Crippen LogP contribution in [-0.4, -0.2) is 18.6 Å². The van der Waals surface area contributed by atoms with Crippen molar-refractivity contribution in [1.82, 2.24) is 4.98 Å². The summed E-state index contributed by atoms with van der Waals surface area (Å²) in [5.41, 5.74) is 0. The van der Waals surface area contributed by atoms with E-state index in [2.05, 4.69) is 10.3 Å². The summed E-state index contributed by atoms with van der Waals surface area (Å²) in [7, 11) is 1.82. The summed E-state index contributed by atoms with van der Waals surface area (Å²) < 4.78 is 11.2. The molecule has 0 aliphatic heterocycles. The molecule has 4 heteroatoms. The predicted molar refractivity (Wildman–Crippen MR) is 71.5 cm³/mol. The first kappa shape index (κ1) is 12.2. The molecule has 0 spiro atoms. The monoisotopic (exact) mass is 244 g/mol. The Hall–Kier alpha value is -2.23. The first-order chi connectivity index (χ1) is 8.81. The number of aromatic nitrogens is 1. The number of anilines is 1. The number of nitrogens with zero attached hydrogens (tertiary/aromatic N) is 1. The summed E-state index contributed by atoms with van der Waals surface area (Å²) in [5.74, 6) is 3.06. The van der Waals surface area contributed by atoms with Gasteiger partial charge >= 0.3 is 0 Å².